The van der Waals surface area contributed by atoms with Crippen LogP contribution in [0.3, 0.4) is 0 Å². The molecule has 3 nitrogen and oxygen atoms in total. The zero-order valence-electron chi connectivity index (χ0n) is 8.29. The highest BCUT2D eigenvalue weighted by Gasteiger charge is 2.38. The Bertz CT molecular complexity index is 182. The molecule has 0 bridgehead atoms. The molecule has 0 aromatic rings. The molecule has 0 spiro atoms. The molecule has 3 heteroatoms. The minimum absolute atomic E-state index is 0.145. The summed E-state index contributed by atoms with van der Waals surface area (Å²) in [6.07, 6.45) is 3.75. The summed E-state index contributed by atoms with van der Waals surface area (Å²) >= 11 is 0. The molecule has 2 fully saturated rings. The standard InChI is InChI=1S/C10H19NO2/c1-8-10(11,4-5-13-8)7-12-6-9-2-3-9/h8-9H,2-7,11H2,1H3. The van der Waals surface area contributed by atoms with Gasteiger partial charge in [-0.3, -0.25) is 0 Å². The van der Waals surface area contributed by atoms with Gasteiger partial charge in [0.15, 0.2) is 0 Å². The van der Waals surface area contributed by atoms with Gasteiger partial charge in [-0.1, -0.05) is 0 Å². The molecule has 1 saturated heterocycles. The molecule has 0 aromatic heterocycles. The Morgan fingerprint density at radius 1 is 1.54 bits per heavy atom. The van der Waals surface area contributed by atoms with E-state index in [2.05, 4.69) is 0 Å². The monoisotopic (exact) mass is 185 g/mol. The van der Waals surface area contributed by atoms with Crippen LogP contribution >= 0.6 is 0 Å². The zero-order chi connectivity index (χ0) is 9.31. The summed E-state index contributed by atoms with van der Waals surface area (Å²) < 4.78 is 11.0. The molecule has 1 aliphatic carbocycles. The summed E-state index contributed by atoms with van der Waals surface area (Å²) in [5, 5.41) is 0. The topological polar surface area (TPSA) is 44.5 Å². The molecule has 1 aliphatic heterocycles. The van der Waals surface area contributed by atoms with Gasteiger partial charge in [0.05, 0.1) is 18.2 Å². The number of ether oxygens (including phenoxy) is 2. The van der Waals surface area contributed by atoms with Gasteiger partial charge in [0.1, 0.15) is 0 Å². The van der Waals surface area contributed by atoms with E-state index in [-0.39, 0.29) is 11.6 Å². The molecular formula is C10H19NO2. The molecule has 13 heavy (non-hydrogen) atoms. The minimum atomic E-state index is -0.227. The summed E-state index contributed by atoms with van der Waals surface area (Å²) in [6, 6.07) is 0. The maximum Gasteiger partial charge on any atom is 0.0749 e. The summed E-state index contributed by atoms with van der Waals surface area (Å²) in [6.45, 7) is 4.37. The highest BCUT2D eigenvalue weighted by atomic mass is 16.5. The van der Waals surface area contributed by atoms with E-state index in [4.69, 9.17) is 15.2 Å². The first-order chi connectivity index (χ1) is 6.21. The van der Waals surface area contributed by atoms with Gasteiger partial charge < -0.3 is 15.2 Å². The van der Waals surface area contributed by atoms with Gasteiger partial charge in [0.2, 0.25) is 0 Å². The van der Waals surface area contributed by atoms with Crippen molar-refractivity contribution in [1.29, 1.82) is 0 Å². The van der Waals surface area contributed by atoms with E-state index in [1.807, 2.05) is 6.92 Å². The van der Waals surface area contributed by atoms with E-state index >= 15 is 0 Å². The third kappa shape index (κ3) is 2.22. The van der Waals surface area contributed by atoms with Crippen LogP contribution in [0, 0.1) is 5.92 Å². The zero-order valence-corrected chi connectivity index (χ0v) is 8.29. The number of nitrogens with two attached hydrogens (primary N) is 1. The van der Waals surface area contributed by atoms with Crippen molar-refractivity contribution in [2.45, 2.75) is 37.8 Å². The van der Waals surface area contributed by atoms with Crippen LogP contribution in [0.5, 0.6) is 0 Å². The van der Waals surface area contributed by atoms with Gasteiger partial charge in [-0.2, -0.15) is 0 Å². The summed E-state index contributed by atoms with van der Waals surface area (Å²) in [7, 11) is 0. The van der Waals surface area contributed by atoms with Crippen LogP contribution in [-0.4, -0.2) is 31.5 Å². The van der Waals surface area contributed by atoms with Gasteiger partial charge >= 0.3 is 0 Å². The van der Waals surface area contributed by atoms with Crippen LogP contribution in [0.25, 0.3) is 0 Å². The minimum Gasteiger partial charge on any atom is -0.379 e. The van der Waals surface area contributed by atoms with Crippen molar-refractivity contribution in [2.24, 2.45) is 11.7 Å². The van der Waals surface area contributed by atoms with Crippen LogP contribution in [-0.2, 0) is 9.47 Å². The maximum absolute atomic E-state index is 6.16. The lowest BCUT2D eigenvalue weighted by Crippen LogP contribution is -2.50. The van der Waals surface area contributed by atoms with E-state index < -0.39 is 0 Å². The van der Waals surface area contributed by atoms with E-state index in [9.17, 15) is 0 Å². The molecule has 2 rings (SSSR count). The second-order valence-electron chi connectivity index (χ2n) is 4.45. The number of hydrogen-bond donors (Lipinski definition) is 1. The van der Waals surface area contributed by atoms with Crippen molar-refractivity contribution >= 4 is 0 Å². The Morgan fingerprint density at radius 3 is 2.85 bits per heavy atom. The summed E-state index contributed by atoms with van der Waals surface area (Å²) in [4.78, 5) is 0. The Balaban J connectivity index is 1.71. The fourth-order valence-electron chi connectivity index (χ4n) is 1.68. The largest absolute Gasteiger partial charge is 0.379 e. The van der Waals surface area contributed by atoms with Gasteiger partial charge in [-0.15, -0.1) is 0 Å². The molecule has 2 aliphatic rings. The Labute approximate surface area is 79.6 Å². The van der Waals surface area contributed by atoms with E-state index in [0.717, 1.165) is 25.6 Å². The molecule has 0 amide bonds. The molecule has 2 N–H and O–H groups in total. The van der Waals surface area contributed by atoms with Crippen molar-refractivity contribution in [3.8, 4) is 0 Å². The van der Waals surface area contributed by atoms with Crippen molar-refractivity contribution in [2.75, 3.05) is 19.8 Å². The fraction of sp³-hybridized carbons (Fsp3) is 1.00. The van der Waals surface area contributed by atoms with Crippen molar-refractivity contribution in [1.82, 2.24) is 0 Å². The van der Waals surface area contributed by atoms with Gasteiger partial charge in [0, 0.05) is 13.2 Å². The molecule has 1 heterocycles. The van der Waals surface area contributed by atoms with Gasteiger partial charge in [0.25, 0.3) is 0 Å². The molecule has 2 unspecified atom stereocenters. The molecule has 2 atom stereocenters. The molecule has 0 aromatic carbocycles. The van der Waals surface area contributed by atoms with Gasteiger partial charge in [-0.05, 0) is 32.1 Å². The predicted octanol–water partition coefficient (Wildman–Crippen LogP) is 0.919. The second kappa shape index (κ2) is 3.56. The quantitative estimate of drug-likeness (QED) is 0.708. The first kappa shape index (κ1) is 9.44. The van der Waals surface area contributed by atoms with Crippen molar-refractivity contribution in [3.63, 3.8) is 0 Å². The predicted molar refractivity (Wildman–Crippen MR) is 50.5 cm³/mol. The van der Waals surface area contributed by atoms with Crippen LogP contribution in [0.4, 0.5) is 0 Å². The van der Waals surface area contributed by atoms with Gasteiger partial charge in [-0.25, -0.2) is 0 Å². The smallest absolute Gasteiger partial charge is 0.0749 e. The third-order valence-corrected chi connectivity index (χ3v) is 3.17. The lowest BCUT2D eigenvalue weighted by atomic mass is 9.95. The molecule has 76 valence electrons. The van der Waals surface area contributed by atoms with Crippen LogP contribution in [0.15, 0.2) is 0 Å². The SMILES string of the molecule is CC1OCCC1(N)COCC1CC1. The first-order valence-electron chi connectivity index (χ1n) is 5.19. The molecule has 1 saturated carbocycles. The first-order valence-corrected chi connectivity index (χ1v) is 5.19. The van der Waals surface area contributed by atoms with Crippen molar-refractivity contribution < 1.29 is 9.47 Å². The fourth-order valence-corrected chi connectivity index (χ4v) is 1.68. The highest BCUT2D eigenvalue weighted by Crippen LogP contribution is 2.30. The van der Waals surface area contributed by atoms with Crippen LogP contribution in [0.2, 0.25) is 0 Å². The van der Waals surface area contributed by atoms with Crippen LogP contribution < -0.4 is 5.73 Å². The maximum atomic E-state index is 6.16. The Kier molecular flexibility index (Phi) is 2.58. The number of rotatable bonds is 4. The molecular weight excluding hydrogens is 166 g/mol. The Hall–Kier alpha value is -0.120. The second-order valence-corrected chi connectivity index (χ2v) is 4.45. The third-order valence-electron chi connectivity index (χ3n) is 3.17. The average Bonchev–Trinajstić information content (AvgIpc) is 2.83. The highest BCUT2D eigenvalue weighted by molar-refractivity contribution is 4.94. The van der Waals surface area contributed by atoms with E-state index in [0.29, 0.717) is 6.61 Å². The lowest BCUT2D eigenvalue weighted by Gasteiger charge is -2.26. The van der Waals surface area contributed by atoms with Crippen LogP contribution in [0.1, 0.15) is 26.2 Å². The average molecular weight is 185 g/mol. The molecule has 0 radical (unpaired) electrons. The van der Waals surface area contributed by atoms with Crippen molar-refractivity contribution in [3.05, 3.63) is 0 Å². The van der Waals surface area contributed by atoms with E-state index in [1.165, 1.54) is 12.8 Å². The lowest BCUT2D eigenvalue weighted by molar-refractivity contribution is 0.0334. The normalized spacial score (nSPS) is 39.7. The van der Waals surface area contributed by atoms with E-state index in [1.54, 1.807) is 0 Å². The Morgan fingerprint density at radius 2 is 2.31 bits per heavy atom. The summed E-state index contributed by atoms with van der Waals surface area (Å²) in [5.74, 6) is 0.821. The number of hydrogen-bond acceptors (Lipinski definition) is 3. The summed E-state index contributed by atoms with van der Waals surface area (Å²) in [5.41, 5.74) is 5.93.